The van der Waals surface area contributed by atoms with Crippen molar-refractivity contribution in [3.05, 3.63) is 0 Å². The van der Waals surface area contributed by atoms with Crippen LogP contribution in [0.1, 0.15) is 45.4 Å². The second-order valence-electron chi connectivity index (χ2n) is 5.67. The van der Waals surface area contributed by atoms with Crippen molar-refractivity contribution in [3.8, 4) is 0 Å². The molecular formula is C13H26N2O. The van der Waals surface area contributed by atoms with E-state index in [9.17, 15) is 0 Å². The van der Waals surface area contributed by atoms with Gasteiger partial charge in [-0.15, -0.1) is 0 Å². The molecule has 0 aromatic rings. The summed E-state index contributed by atoms with van der Waals surface area (Å²) in [6.07, 6.45) is 7.86. The zero-order valence-electron chi connectivity index (χ0n) is 10.5. The Hall–Kier alpha value is -0.120. The van der Waals surface area contributed by atoms with Crippen LogP contribution in [0, 0.1) is 17.8 Å². The van der Waals surface area contributed by atoms with E-state index in [0.29, 0.717) is 6.04 Å². The fourth-order valence-electron chi connectivity index (χ4n) is 3.54. The molecule has 2 fully saturated rings. The minimum absolute atomic E-state index is 0.520. The maximum Gasteiger partial charge on any atom is 0.0469 e. The van der Waals surface area contributed by atoms with Crippen LogP contribution in [0.25, 0.3) is 0 Å². The first-order valence-corrected chi connectivity index (χ1v) is 6.85. The van der Waals surface area contributed by atoms with Gasteiger partial charge in [0.2, 0.25) is 0 Å². The summed E-state index contributed by atoms with van der Waals surface area (Å²) in [7, 11) is 0. The number of hydrogen-bond donors (Lipinski definition) is 2. The number of rotatable bonds is 3. The first kappa shape index (κ1) is 12.3. The zero-order chi connectivity index (χ0) is 11.4. The van der Waals surface area contributed by atoms with Gasteiger partial charge in [-0.3, -0.25) is 11.3 Å². The summed E-state index contributed by atoms with van der Waals surface area (Å²) in [5.41, 5.74) is 3.11. The minimum Gasteiger partial charge on any atom is -0.381 e. The van der Waals surface area contributed by atoms with Crippen LogP contribution < -0.4 is 11.3 Å². The largest absolute Gasteiger partial charge is 0.381 e. The molecule has 0 radical (unpaired) electrons. The normalized spacial score (nSPS) is 34.9. The van der Waals surface area contributed by atoms with Gasteiger partial charge in [0.15, 0.2) is 0 Å². The predicted octanol–water partition coefficient (Wildman–Crippen LogP) is 2.07. The molecule has 1 aliphatic heterocycles. The molecule has 3 nitrogen and oxygen atoms in total. The molecule has 1 saturated carbocycles. The van der Waals surface area contributed by atoms with Gasteiger partial charge in [0, 0.05) is 19.3 Å². The van der Waals surface area contributed by atoms with Crippen molar-refractivity contribution in [3.63, 3.8) is 0 Å². The molecule has 0 spiro atoms. The molecule has 16 heavy (non-hydrogen) atoms. The van der Waals surface area contributed by atoms with E-state index >= 15 is 0 Å². The lowest BCUT2D eigenvalue weighted by Gasteiger charge is -2.38. The van der Waals surface area contributed by atoms with Gasteiger partial charge in [0.05, 0.1) is 0 Å². The lowest BCUT2D eigenvalue weighted by Crippen LogP contribution is -2.48. The molecule has 0 bridgehead atoms. The molecule has 94 valence electrons. The highest BCUT2D eigenvalue weighted by Crippen LogP contribution is 2.35. The van der Waals surface area contributed by atoms with Gasteiger partial charge < -0.3 is 4.74 Å². The third kappa shape index (κ3) is 2.96. The third-order valence-electron chi connectivity index (χ3n) is 4.45. The van der Waals surface area contributed by atoms with Crippen LogP contribution in [0.4, 0.5) is 0 Å². The van der Waals surface area contributed by atoms with E-state index in [0.717, 1.165) is 31.0 Å². The highest BCUT2D eigenvalue weighted by Gasteiger charge is 2.32. The first-order chi connectivity index (χ1) is 7.81. The van der Waals surface area contributed by atoms with E-state index in [1.54, 1.807) is 0 Å². The second-order valence-corrected chi connectivity index (χ2v) is 5.67. The molecule has 3 unspecified atom stereocenters. The fourth-order valence-corrected chi connectivity index (χ4v) is 3.54. The molecule has 0 aromatic carbocycles. The van der Waals surface area contributed by atoms with Crippen LogP contribution in [0.3, 0.4) is 0 Å². The molecule has 3 N–H and O–H groups in total. The Kier molecular flexibility index (Phi) is 4.62. The van der Waals surface area contributed by atoms with E-state index in [-0.39, 0.29) is 0 Å². The van der Waals surface area contributed by atoms with Crippen LogP contribution in [0.15, 0.2) is 0 Å². The number of nitrogens with one attached hydrogen (secondary N) is 1. The Labute approximate surface area is 99.1 Å². The van der Waals surface area contributed by atoms with Gasteiger partial charge in [-0.05, 0) is 43.4 Å². The summed E-state index contributed by atoms with van der Waals surface area (Å²) < 4.78 is 5.43. The Morgan fingerprint density at radius 1 is 1.12 bits per heavy atom. The van der Waals surface area contributed by atoms with Gasteiger partial charge in [0.25, 0.3) is 0 Å². The van der Waals surface area contributed by atoms with E-state index < -0.39 is 0 Å². The average Bonchev–Trinajstić information content (AvgIpc) is 2.31. The third-order valence-corrected chi connectivity index (χ3v) is 4.45. The van der Waals surface area contributed by atoms with Gasteiger partial charge in [-0.25, -0.2) is 0 Å². The van der Waals surface area contributed by atoms with Crippen LogP contribution in [0.2, 0.25) is 0 Å². The molecule has 0 amide bonds. The number of ether oxygens (including phenoxy) is 1. The van der Waals surface area contributed by atoms with Gasteiger partial charge in [0.1, 0.15) is 0 Å². The highest BCUT2D eigenvalue weighted by atomic mass is 16.5. The van der Waals surface area contributed by atoms with Crippen molar-refractivity contribution in [2.24, 2.45) is 23.6 Å². The number of hydrogen-bond acceptors (Lipinski definition) is 3. The highest BCUT2D eigenvalue weighted by molar-refractivity contribution is 4.86. The summed E-state index contributed by atoms with van der Waals surface area (Å²) in [5.74, 6) is 8.19. The molecule has 2 aliphatic rings. The number of nitrogens with two attached hydrogens (primary N) is 1. The molecule has 2 rings (SSSR count). The average molecular weight is 226 g/mol. The zero-order valence-corrected chi connectivity index (χ0v) is 10.5. The summed E-state index contributed by atoms with van der Waals surface area (Å²) >= 11 is 0. The predicted molar refractivity (Wildman–Crippen MR) is 65.8 cm³/mol. The van der Waals surface area contributed by atoms with Crippen molar-refractivity contribution in [2.45, 2.75) is 51.5 Å². The van der Waals surface area contributed by atoms with Gasteiger partial charge in [-0.1, -0.05) is 19.8 Å². The second kappa shape index (κ2) is 5.99. The minimum atomic E-state index is 0.520. The standard InChI is InChI=1S/C13H26N2O/c1-10-3-2-4-12(9-10)13(15-14)11-5-7-16-8-6-11/h10-13,15H,2-9,14H2,1H3. The van der Waals surface area contributed by atoms with Crippen LogP contribution in [-0.4, -0.2) is 19.3 Å². The van der Waals surface area contributed by atoms with Crippen LogP contribution >= 0.6 is 0 Å². The molecule has 1 heterocycles. The topological polar surface area (TPSA) is 47.3 Å². The first-order valence-electron chi connectivity index (χ1n) is 6.85. The Morgan fingerprint density at radius 3 is 2.50 bits per heavy atom. The Morgan fingerprint density at radius 2 is 1.88 bits per heavy atom. The smallest absolute Gasteiger partial charge is 0.0469 e. The maximum atomic E-state index is 5.79. The van der Waals surface area contributed by atoms with Crippen LogP contribution in [0.5, 0.6) is 0 Å². The Balaban J connectivity index is 1.91. The molecule has 3 atom stereocenters. The molecule has 1 saturated heterocycles. The SMILES string of the molecule is CC1CCCC(C(NN)C2CCOCC2)C1. The van der Waals surface area contributed by atoms with Crippen molar-refractivity contribution < 1.29 is 4.74 Å². The van der Waals surface area contributed by atoms with Gasteiger partial charge in [-0.2, -0.15) is 0 Å². The monoisotopic (exact) mass is 226 g/mol. The van der Waals surface area contributed by atoms with Crippen LogP contribution in [-0.2, 0) is 4.74 Å². The summed E-state index contributed by atoms with van der Waals surface area (Å²) in [4.78, 5) is 0. The summed E-state index contributed by atoms with van der Waals surface area (Å²) in [6, 6.07) is 0.520. The van der Waals surface area contributed by atoms with E-state index in [4.69, 9.17) is 10.6 Å². The number of hydrazine groups is 1. The van der Waals surface area contributed by atoms with E-state index in [1.165, 1.54) is 38.5 Å². The molecular weight excluding hydrogens is 200 g/mol. The summed E-state index contributed by atoms with van der Waals surface area (Å²) in [6.45, 7) is 4.22. The molecule has 0 aromatic heterocycles. The van der Waals surface area contributed by atoms with Crippen molar-refractivity contribution in [1.82, 2.24) is 5.43 Å². The van der Waals surface area contributed by atoms with E-state index in [1.807, 2.05) is 0 Å². The lowest BCUT2D eigenvalue weighted by molar-refractivity contribution is 0.0379. The summed E-state index contributed by atoms with van der Waals surface area (Å²) in [5, 5.41) is 0. The molecule has 1 aliphatic carbocycles. The Bertz CT molecular complexity index is 204. The van der Waals surface area contributed by atoms with Gasteiger partial charge >= 0.3 is 0 Å². The van der Waals surface area contributed by atoms with Crippen molar-refractivity contribution in [1.29, 1.82) is 0 Å². The lowest BCUT2D eigenvalue weighted by atomic mass is 9.73. The molecule has 3 heteroatoms. The van der Waals surface area contributed by atoms with Crippen molar-refractivity contribution >= 4 is 0 Å². The quantitative estimate of drug-likeness (QED) is 0.572. The maximum absolute atomic E-state index is 5.79. The fraction of sp³-hybridized carbons (Fsp3) is 1.00. The van der Waals surface area contributed by atoms with E-state index in [2.05, 4.69) is 12.3 Å². The van der Waals surface area contributed by atoms with Crippen molar-refractivity contribution in [2.75, 3.05) is 13.2 Å².